The van der Waals surface area contributed by atoms with E-state index in [-0.39, 0.29) is 4.90 Å². The first-order chi connectivity index (χ1) is 9.77. The van der Waals surface area contributed by atoms with Crippen LogP contribution in [-0.2, 0) is 16.9 Å². The number of aryl methyl sites for hydroxylation is 2. The molecule has 6 nitrogen and oxygen atoms in total. The number of aromatic nitrogens is 2. The Morgan fingerprint density at radius 2 is 1.95 bits per heavy atom. The maximum Gasteiger partial charge on any atom is 0.175 e. The number of hydrogen-bond acceptors (Lipinski definition) is 5. The van der Waals surface area contributed by atoms with Gasteiger partial charge in [0.05, 0.1) is 22.4 Å². The van der Waals surface area contributed by atoms with Gasteiger partial charge in [-0.05, 0) is 24.6 Å². The molecule has 2 rings (SSSR count). The van der Waals surface area contributed by atoms with Gasteiger partial charge in [-0.3, -0.25) is 4.68 Å². The number of rotatable bonds is 5. The van der Waals surface area contributed by atoms with Gasteiger partial charge in [0.25, 0.3) is 0 Å². The number of sulfone groups is 1. The highest BCUT2D eigenvalue weighted by molar-refractivity contribution is 7.90. The summed E-state index contributed by atoms with van der Waals surface area (Å²) < 4.78 is 24.5. The molecule has 0 amide bonds. The summed E-state index contributed by atoms with van der Waals surface area (Å²) in [6.07, 6.45) is 2.28. The van der Waals surface area contributed by atoms with Crippen molar-refractivity contribution >= 4 is 15.5 Å². The smallest absolute Gasteiger partial charge is 0.175 e. The molecule has 21 heavy (non-hydrogen) atoms. The van der Waals surface area contributed by atoms with Gasteiger partial charge in [0, 0.05) is 26.0 Å². The Kier molecular flexibility index (Phi) is 4.34. The molecular formula is C14H19N3O3S. The third-order valence-corrected chi connectivity index (χ3v) is 4.32. The fourth-order valence-corrected chi connectivity index (χ4v) is 2.67. The summed E-state index contributed by atoms with van der Waals surface area (Å²) in [4.78, 5) is 0.245. The zero-order valence-electron chi connectivity index (χ0n) is 12.2. The fourth-order valence-electron chi connectivity index (χ4n) is 2.03. The van der Waals surface area contributed by atoms with Crippen molar-refractivity contribution in [3.63, 3.8) is 0 Å². The average Bonchev–Trinajstić information content (AvgIpc) is 2.73. The predicted molar refractivity (Wildman–Crippen MR) is 80.9 cm³/mol. The minimum atomic E-state index is -3.21. The molecule has 1 unspecified atom stereocenters. The van der Waals surface area contributed by atoms with Crippen molar-refractivity contribution in [2.75, 3.05) is 18.1 Å². The van der Waals surface area contributed by atoms with E-state index in [4.69, 9.17) is 0 Å². The van der Waals surface area contributed by atoms with Crippen LogP contribution in [0.5, 0.6) is 0 Å². The van der Waals surface area contributed by atoms with E-state index in [9.17, 15) is 13.5 Å². The molecule has 2 aromatic rings. The molecule has 0 bridgehead atoms. The van der Waals surface area contributed by atoms with Crippen molar-refractivity contribution in [2.24, 2.45) is 7.05 Å². The van der Waals surface area contributed by atoms with Crippen molar-refractivity contribution < 1.29 is 13.5 Å². The van der Waals surface area contributed by atoms with Crippen LogP contribution in [-0.4, -0.2) is 36.1 Å². The third-order valence-electron chi connectivity index (χ3n) is 3.19. The molecule has 1 aromatic heterocycles. The number of anilines is 1. The van der Waals surface area contributed by atoms with Crippen molar-refractivity contribution in [1.29, 1.82) is 0 Å². The minimum absolute atomic E-state index is 0.245. The molecule has 1 aromatic carbocycles. The molecule has 0 aliphatic carbocycles. The Morgan fingerprint density at radius 3 is 2.43 bits per heavy atom. The fraction of sp³-hybridized carbons (Fsp3) is 0.357. The quantitative estimate of drug-likeness (QED) is 0.869. The average molecular weight is 309 g/mol. The molecule has 0 spiro atoms. The molecule has 2 N–H and O–H groups in total. The van der Waals surface area contributed by atoms with Gasteiger partial charge in [-0.2, -0.15) is 5.10 Å². The molecule has 0 saturated carbocycles. The van der Waals surface area contributed by atoms with E-state index in [2.05, 4.69) is 10.4 Å². The first kappa shape index (κ1) is 15.5. The van der Waals surface area contributed by atoms with Gasteiger partial charge in [0.2, 0.25) is 0 Å². The van der Waals surface area contributed by atoms with Crippen LogP contribution in [0.2, 0.25) is 0 Å². The number of hydrogen-bond donors (Lipinski definition) is 2. The van der Waals surface area contributed by atoms with E-state index in [1.165, 1.54) is 12.1 Å². The Balaban J connectivity index is 2.03. The summed E-state index contributed by atoms with van der Waals surface area (Å²) in [5.74, 6) is 0. The maximum atomic E-state index is 11.4. The number of nitrogens with zero attached hydrogens (tertiary/aromatic N) is 2. The van der Waals surface area contributed by atoms with Gasteiger partial charge in [0.15, 0.2) is 9.84 Å². The molecule has 0 radical (unpaired) electrons. The number of benzene rings is 1. The largest absolute Gasteiger partial charge is 0.387 e. The van der Waals surface area contributed by atoms with Gasteiger partial charge < -0.3 is 10.4 Å². The predicted octanol–water partition coefficient (Wildman–Crippen LogP) is 1.28. The zero-order valence-corrected chi connectivity index (χ0v) is 13.1. The SMILES string of the molecule is Cc1nn(C)cc1NCC(O)c1ccc(S(C)(=O)=O)cc1. The Bertz CT molecular complexity index is 720. The van der Waals surface area contributed by atoms with Gasteiger partial charge in [0.1, 0.15) is 0 Å². The summed E-state index contributed by atoms with van der Waals surface area (Å²) in [6.45, 7) is 2.21. The molecule has 1 heterocycles. The lowest BCUT2D eigenvalue weighted by molar-refractivity contribution is 0.191. The minimum Gasteiger partial charge on any atom is -0.387 e. The molecule has 0 saturated heterocycles. The summed E-state index contributed by atoms with van der Waals surface area (Å²) in [5.41, 5.74) is 2.39. The van der Waals surface area contributed by atoms with E-state index in [1.54, 1.807) is 16.8 Å². The van der Waals surface area contributed by atoms with E-state index in [0.717, 1.165) is 17.6 Å². The Hall–Kier alpha value is -1.86. The maximum absolute atomic E-state index is 11.4. The van der Waals surface area contributed by atoms with Gasteiger partial charge in [-0.25, -0.2) is 8.42 Å². The van der Waals surface area contributed by atoms with Crippen LogP contribution in [0.1, 0.15) is 17.4 Å². The lowest BCUT2D eigenvalue weighted by Gasteiger charge is -2.13. The normalized spacial score (nSPS) is 13.1. The zero-order chi connectivity index (χ0) is 15.6. The summed E-state index contributed by atoms with van der Waals surface area (Å²) in [7, 11) is -1.38. The van der Waals surface area contributed by atoms with E-state index in [1.807, 2.05) is 20.2 Å². The second-order valence-corrected chi connectivity index (χ2v) is 7.06. The van der Waals surface area contributed by atoms with Gasteiger partial charge >= 0.3 is 0 Å². The number of aliphatic hydroxyl groups is 1. The van der Waals surface area contributed by atoms with E-state index >= 15 is 0 Å². The van der Waals surface area contributed by atoms with E-state index in [0.29, 0.717) is 12.1 Å². The number of aliphatic hydroxyl groups excluding tert-OH is 1. The summed E-state index contributed by atoms with van der Waals surface area (Å²) >= 11 is 0. The van der Waals surface area contributed by atoms with E-state index < -0.39 is 15.9 Å². The second-order valence-electron chi connectivity index (χ2n) is 5.04. The lowest BCUT2D eigenvalue weighted by atomic mass is 10.1. The standard InChI is InChI=1S/C14H19N3O3S/c1-10-13(9-17(2)16-10)15-8-14(18)11-4-6-12(7-5-11)21(3,19)20/h4-7,9,14-15,18H,8H2,1-3H3. The monoisotopic (exact) mass is 309 g/mol. The van der Waals surface area contributed by atoms with Crippen LogP contribution in [0.25, 0.3) is 0 Å². The second kappa shape index (κ2) is 5.87. The molecule has 7 heteroatoms. The summed E-state index contributed by atoms with van der Waals surface area (Å²) in [5, 5.41) is 17.5. The molecular weight excluding hydrogens is 290 g/mol. The first-order valence-corrected chi connectivity index (χ1v) is 8.38. The Labute approximate surface area is 124 Å². The van der Waals surface area contributed by atoms with Crippen molar-refractivity contribution in [3.8, 4) is 0 Å². The molecule has 1 atom stereocenters. The van der Waals surface area contributed by atoms with Crippen LogP contribution >= 0.6 is 0 Å². The molecule has 0 fully saturated rings. The van der Waals surface area contributed by atoms with Crippen LogP contribution in [0.15, 0.2) is 35.4 Å². The van der Waals surface area contributed by atoms with Crippen molar-refractivity contribution in [2.45, 2.75) is 17.9 Å². The van der Waals surface area contributed by atoms with Crippen LogP contribution in [0.3, 0.4) is 0 Å². The highest BCUT2D eigenvalue weighted by Crippen LogP contribution is 2.18. The molecule has 114 valence electrons. The van der Waals surface area contributed by atoms with Gasteiger partial charge in [-0.15, -0.1) is 0 Å². The van der Waals surface area contributed by atoms with Crippen molar-refractivity contribution in [1.82, 2.24) is 9.78 Å². The van der Waals surface area contributed by atoms with Gasteiger partial charge in [-0.1, -0.05) is 12.1 Å². The molecule has 0 aliphatic heterocycles. The highest BCUT2D eigenvalue weighted by atomic mass is 32.2. The number of nitrogens with one attached hydrogen (secondary N) is 1. The lowest BCUT2D eigenvalue weighted by Crippen LogP contribution is -2.12. The third kappa shape index (κ3) is 3.83. The Morgan fingerprint density at radius 1 is 1.33 bits per heavy atom. The topological polar surface area (TPSA) is 84.2 Å². The highest BCUT2D eigenvalue weighted by Gasteiger charge is 2.11. The van der Waals surface area contributed by atoms with Crippen LogP contribution in [0.4, 0.5) is 5.69 Å². The van der Waals surface area contributed by atoms with Crippen LogP contribution < -0.4 is 5.32 Å². The van der Waals surface area contributed by atoms with Crippen molar-refractivity contribution in [3.05, 3.63) is 41.7 Å². The summed E-state index contributed by atoms with van der Waals surface area (Å²) in [6, 6.07) is 6.25. The first-order valence-electron chi connectivity index (χ1n) is 6.49. The van der Waals surface area contributed by atoms with Crippen LogP contribution in [0, 0.1) is 6.92 Å². The molecule has 0 aliphatic rings.